The lowest BCUT2D eigenvalue weighted by molar-refractivity contribution is 0.0692. The summed E-state index contributed by atoms with van der Waals surface area (Å²) >= 11 is 0. The van der Waals surface area contributed by atoms with E-state index in [1.807, 2.05) is 0 Å². The Hall–Kier alpha value is -3.02. The van der Waals surface area contributed by atoms with Gasteiger partial charge in [0.1, 0.15) is 22.8 Å². The number of Topliss-reactive ketones (excluding diaryl/α,β-unsaturated/α-hetero) is 1. The van der Waals surface area contributed by atoms with Crippen molar-refractivity contribution in [1.29, 1.82) is 0 Å². The van der Waals surface area contributed by atoms with Crippen LogP contribution in [0.4, 0.5) is 0 Å². The quantitative estimate of drug-likeness (QED) is 0.786. The fourth-order valence-corrected chi connectivity index (χ4v) is 2.36. The Labute approximate surface area is 139 Å². The number of carbonyl (C=O) groups is 2. The summed E-state index contributed by atoms with van der Waals surface area (Å²) in [6, 6.07) is 9.64. The molecule has 0 aliphatic rings. The van der Waals surface area contributed by atoms with Crippen molar-refractivity contribution < 1.29 is 28.9 Å². The van der Waals surface area contributed by atoms with E-state index in [0.717, 1.165) is 0 Å². The van der Waals surface area contributed by atoms with Gasteiger partial charge in [0, 0.05) is 18.1 Å². The molecule has 0 fully saturated rings. The average Bonchev–Trinajstić information content (AvgIpc) is 2.60. The predicted octanol–water partition coefficient (Wildman–Crippen LogP) is 2.84. The molecule has 0 saturated carbocycles. The second-order valence-corrected chi connectivity index (χ2v) is 5.00. The molecule has 0 unspecified atom stereocenters. The zero-order valence-corrected chi connectivity index (χ0v) is 13.7. The summed E-state index contributed by atoms with van der Waals surface area (Å²) in [4.78, 5) is 24.0. The highest BCUT2D eigenvalue weighted by molar-refractivity contribution is 6.00. The maximum absolute atomic E-state index is 12.5. The topological polar surface area (TPSA) is 82.1 Å². The minimum absolute atomic E-state index is 0.0415. The molecule has 0 heterocycles. The van der Waals surface area contributed by atoms with Crippen LogP contribution < -0.4 is 14.2 Å². The molecule has 0 atom stereocenters. The van der Waals surface area contributed by atoms with Gasteiger partial charge in [0.25, 0.3) is 0 Å². The van der Waals surface area contributed by atoms with Gasteiger partial charge in [0.2, 0.25) is 0 Å². The second-order valence-electron chi connectivity index (χ2n) is 5.00. The molecule has 0 radical (unpaired) electrons. The summed E-state index contributed by atoms with van der Waals surface area (Å²) in [5, 5.41) is 9.44. The standard InChI is InChI=1S/C18H18O6/c1-22-13-6-4-11(5-7-13)15(19)9-12-8-14(23-2)10-16(24-3)17(12)18(20)21/h4-8,10H,9H2,1-3H3,(H,20,21). The van der Waals surface area contributed by atoms with Crippen LogP contribution in [0.1, 0.15) is 26.3 Å². The third-order valence-electron chi connectivity index (χ3n) is 3.59. The van der Waals surface area contributed by atoms with Crippen molar-refractivity contribution >= 4 is 11.8 Å². The van der Waals surface area contributed by atoms with E-state index in [1.165, 1.54) is 26.4 Å². The first-order valence-corrected chi connectivity index (χ1v) is 7.15. The van der Waals surface area contributed by atoms with Crippen LogP contribution in [0.2, 0.25) is 0 Å². The van der Waals surface area contributed by atoms with Gasteiger partial charge in [-0.15, -0.1) is 0 Å². The van der Waals surface area contributed by atoms with Crippen molar-refractivity contribution in [2.24, 2.45) is 0 Å². The minimum Gasteiger partial charge on any atom is -0.497 e. The summed E-state index contributed by atoms with van der Waals surface area (Å²) in [7, 11) is 4.37. The molecule has 126 valence electrons. The third kappa shape index (κ3) is 3.65. The average molecular weight is 330 g/mol. The molecule has 6 nitrogen and oxygen atoms in total. The van der Waals surface area contributed by atoms with Gasteiger partial charge in [0.05, 0.1) is 21.3 Å². The number of carboxylic acid groups (broad SMARTS) is 1. The summed E-state index contributed by atoms with van der Waals surface area (Å²) in [6.45, 7) is 0. The van der Waals surface area contributed by atoms with E-state index in [1.54, 1.807) is 31.4 Å². The molecule has 0 spiro atoms. The normalized spacial score (nSPS) is 10.1. The lowest BCUT2D eigenvalue weighted by Crippen LogP contribution is -2.11. The molecule has 1 N–H and O–H groups in total. The van der Waals surface area contributed by atoms with E-state index < -0.39 is 5.97 Å². The SMILES string of the molecule is COc1ccc(C(=O)Cc2cc(OC)cc(OC)c2C(=O)O)cc1. The maximum Gasteiger partial charge on any atom is 0.339 e. The molecule has 0 aliphatic heterocycles. The first-order valence-electron chi connectivity index (χ1n) is 7.15. The molecular weight excluding hydrogens is 312 g/mol. The van der Waals surface area contributed by atoms with Gasteiger partial charge in [-0.2, -0.15) is 0 Å². The molecule has 0 bridgehead atoms. The molecule has 0 aromatic heterocycles. The molecule has 2 aromatic carbocycles. The van der Waals surface area contributed by atoms with Crippen molar-refractivity contribution in [2.75, 3.05) is 21.3 Å². The largest absolute Gasteiger partial charge is 0.497 e. The van der Waals surface area contributed by atoms with Gasteiger partial charge < -0.3 is 19.3 Å². The van der Waals surface area contributed by atoms with E-state index in [4.69, 9.17) is 14.2 Å². The van der Waals surface area contributed by atoms with Crippen LogP contribution in [0, 0.1) is 0 Å². The highest BCUT2D eigenvalue weighted by atomic mass is 16.5. The van der Waals surface area contributed by atoms with Gasteiger partial charge in [-0.25, -0.2) is 4.79 Å². The summed E-state index contributed by atoms with van der Waals surface area (Å²) in [5.74, 6) is -0.155. The molecule has 24 heavy (non-hydrogen) atoms. The van der Waals surface area contributed by atoms with Crippen molar-refractivity contribution in [3.8, 4) is 17.2 Å². The summed E-state index contributed by atoms with van der Waals surface area (Å²) in [5.41, 5.74) is 0.758. The van der Waals surface area contributed by atoms with Crippen molar-refractivity contribution in [2.45, 2.75) is 6.42 Å². The van der Waals surface area contributed by atoms with Gasteiger partial charge in [-0.1, -0.05) is 0 Å². The smallest absolute Gasteiger partial charge is 0.339 e. The Bertz CT molecular complexity index is 749. The Kier molecular flexibility index (Phi) is 5.42. The monoisotopic (exact) mass is 330 g/mol. The fraction of sp³-hybridized carbons (Fsp3) is 0.222. The van der Waals surface area contributed by atoms with Crippen molar-refractivity contribution in [1.82, 2.24) is 0 Å². The van der Waals surface area contributed by atoms with E-state index in [-0.39, 0.29) is 23.5 Å². The number of hydrogen-bond acceptors (Lipinski definition) is 5. The van der Waals surface area contributed by atoms with Gasteiger partial charge >= 0.3 is 5.97 Å². The Morgan fingerprint density at radius 1 is 0.917 bits per heavy atom. The van der Waals surface area contributed by atoms with Crippen molar-refractivity contribution in [3.63, 3.8) is 0 Å². The number of hydrogen-bond donors (Lipinski definition) is 1. The van der Waals surface area contributed by atoms with E-state index in [2.05, 4.69) is 0 Å². The minimum atomic E-state index is -1.16. The molecule has 2 aromatic rings. The molecule has 6 heteroatoms. The van der Waals surface area contributed by atoms with Gasteiger partial charge in [-0.05, 0) is 35.9 Å². The van der Waals surface area contributed by atoms with Crippen LogP contribution in [0.25, 0.3) is 0 Å². The van der Waals surface area contributed by atoms with Crippen molar-refractivity contribution in [3.05, 3.63) is 53.1 Å². The summed E-state index contributed by atoms with van der Waals surface area (Å²) < 4.78 is 15.3. The van der Waals surface area contributed by atoms with Crippen LogP contribution >= 0.6 is 0 Å². The zero-order valence-electron chi connectivity index (χ0n) is 13.7. The number of aromatic carboxylic acids is 1. The number of methoxy groups -OCH3 is 3. The number of carbonyl (C=O) groups excluding carboxylic acids is 1. The fourth-order valence-electron chi connectivity index (χ4n) is 2.36. The number of ketones is 1. The number of ether oxygens (including phenoxy) is 3. The Morgan fingerprint density at radius 2 is 1.54 bits per heavy atom. The predicted molar refractivity (Wildman–Crippen MR) is 87.5 cm³/mol. The first-order chi connectivity index (χ1) is 11.5. The van der Waals surface area contributed by atoms with Gasteiger partial charge in [-0.3, -0.25) is 4.79 Å². The molecule has 0 amide bonds. The molecule has 0 saturated heterocycles. The van der Waals surface area contributed by atoms with E-state index in [9.17, 15) is 14.7 Å². The van der Waals surface area contributed by atoms with Crippen LogP contribution in [0.15, 0.2) is 36.4 Å². The second kappa shape index (κ2) is 7.50. The van der Waals surface area contributed by atoms with E-state index in [0.29, 0.717) is 22.6 Å². The highest BCUT2D eigenvalue weighted by Crippen LogP contribution is 2.30. The highest BCUT2D eigenvalue weighted by Gasteiger charge is 2.21. The lowest BCUT2D eigenvalue weighted by Gasteiger charge is -2.13. The Balaban J connectivity index is 2.39. The van der Waals surface area contributed by atoms with Crippen LogP contribution in [-0.4, -0.2) is 38.2 Å². The van der Waals surface area contributed by atoms with Crippen LogP contribution in [0.5, 0.6) is 17.2 Å². The lowest BCUT2D eigenvalue weighted by atomic mass is 9.97. The number of benzene rings is 2. The van der Waals surface area contributed by atoms with Gasteiger partial charge in [0.15, 0.2) is 5.78 Å². The third-order valence-corrected chi connectivity index (χ3v) is 3.59. The molecule has 0 aliphatic carbocycles. The van der Waals surface area contributed by atoms with Crippen LogP contribution in [0.3, 0.4) is 0 Å². The number of carboxylic acids is 1. The Morgan fingerprint density at radius 3 is 2.04 bits per heavy atom. The molecular formula is C18H18O6. The summed E-state index contributed by atoms with van der Waals surface area (Å²) in [6.07, 6.45) is -0.0818. The zero-order chi connectivity index (χ0) is 17.7. The first kappa shape index (κ1) is 17.3. The number of rotatable bonds is 7. The molecule has 2 rings (SSSR count). The van der Waals surface area contributed by atoms with E-state index >= 15 is 0 Å². The maximum atomic E-state index is 12.5. The van der Waals surface area contributed by atoms with Crippen LogP contribution in [-0.2, 0) is 6.42 Å².